The first-order chi connectivity index (χ1) is 10.0. The van der Waals surface area contributed by atoms with Crippen LogP contribution in [0.1, 0.15) is 10.4 Å². The van der Waals surface area contributed by atoms with Crippen molar-refractivity contribution in [2.75, 3.05) is 10.7 Å². The molecule has 0 spiro atoms. The molecular weight excluding hydrogens is 296 g/mol. The smallest absolute Gasteiger partial charge is 0.294 e. The quantitative estimate of drug-likeness (QED) is 0.457. The minimum absolute atomic E-state index is 0.128. The van der Waals surface area contributed by atoms with Crippen LogP contribution in [0, 0.1) is 10.1 Å². The first-order valence-corrected chi connectivity index (χ1v) is 6.21. The monoisotopic (exact) mass is 306 g/mol. The molecule has 2 aromatic carbocycles. The molecule has 4 N–H and O–H groups in total. The number of carbonyl (C=O) groups excluding carboxylic acids is 1. The number of nitrogens with one attached hydrogen (secondary N) is 2. The van der Waals surface area contributed by atoms with E-state index in [4.69, 9.17) is 17.4 Å². The van der Waals surface area contributed by atoms with Crippen LogP contribution in [-0.2, 0) is 0 Å². The molecule has 8 heteroatoms. The standard InChI is InChI=1S/C13H11ClN4O3/c14-9-2-4-10(5-3-9)16-13(19)8-1-6-11(17-15)12(7-8)18(20)21/h1-7,17H,15H2,(H,16,19). The van der Waals surface area contributed by atoms with Crippen LogP contribution >= 0.6 is 11.6 Å². The summed E-state index contributed by atoms with van der Waals surface area (Å²) in [5, 5.41) is 14.1. The lowest BCUT2D eigenvalue weighted by atomic mass is 10.1. The predicted octanol–water partition coefficient (Wildman–Crippen LogP) is 2.79. The highest BCUT2D eigenvalue weighted by Crippen LogP contribution is 2.25. The maximum Gasteiger partial charge on any atom is 0.294 e. The highest BCUT2D eigenvalue weighted by Gasteiger charge is 2.17. The van der Waals surface area contributed by atoms with Crippen LogP contribution in [0.15, 0.2) is 42.5 Å². The Kier molecular flexibility index (Phi) is 4.36. The van der Waals surface area contributed by atoms with Gasteiger partial charge in [0.2, 0.25) is 0 Å². The molecule has 0 heterocycles. The van der Waals surface area contributed by atoms with Gasteiger partial charge in [0, 0.05) is 22.3 Å². The van der Waals surface area contributed by atoms with Gasteiger partial charge in [0.05, 0.1) is 4.92 Å². The Labute approximate surface area is 124 Å². The van der Waals surface area contributed by atoms with Crippen LogP contribution < -0.4 is 16.6 Å². The summed E-state index contributed by atoms with van der Waals surface area (Å²) in [4.78, 5) is 22.4. The molecule has 0 saturated heterocycles. The maximum absolute atomic E-state index is 12.1. The summed E-state index contributed by atoms with van der Waals surface area (Å²) < 4.78 is 0. The normalized spacial score (nSPS) is 10.0. The molecule has 21 heavy (non-hydrogen) atoms. The summed E-state index contributed by atoms with van der Waals surface area (Å²) in [7, 11) is 0. The van der Waals surface area contributed by atoms with Gasteiger partial charge in [0.25, 0.3) is 11.6 Å². The number of hydrogen-bond donors (Lipinski definition) is 3. The molecule has 108 valence electrons. The van der Waals surface area contributed by atoms with Crippen molar-refractivity contribution in [3.63, 3.8) is 0 Å². The maximum atomic E-state index is 12.1. The van der Waals surface area contributed by atoms with Gasteiger partial charge in [-0.25, -0.2) is 0 Å². The van der Waals surface area contributed by atoms with Crippen molar-refractivity contribution in [2.45, 2.75) is 0 Å². The van der Waals surface area contributed by atoms with Crippen molar-refractivity contribution >= 4 is 34.6 Å². The zero-order valence-electron chi connectivity index (χ0n) is 10.7. The van der Waals surface area contributed by atoms with Crippen LogP contribution in [0.2, 0.25) is 5.02 Å². The number of rotatable bonds is 4. The number of hydrogen-bond acceptors (Lipinski definition) is 5. The number of nitrogens with zero attached hydrogens (tertiary/aromatic N) is 1. The van der Waals surface area contributed by atoms with Crippen molar-refractivity contribution in [1.82, 2.24) is 0 Å². The first-order valence-electron chi connectivity index (χ1n) is 5.83. The van der Waals surface area contributed by atoms with E-state index in [0.29, 0.717) is 10.7 Å². The molecule has 0 aliphatic carbocycles. The summed E-state index contributed by atoms with van der Waals surface area (Å²) in [5.41, 5.74) is 2.75. The van der Waals surface area contributed by atoms with Gasteiger partial charge in [-0.1, -0.05) is 11.6 Å². The largest absolute Gasteiger partial charge is 0.322 e. The fourth-order valence-electron chi connectivity index (χ4n) is 1.68. The molecule has 1 amide bonds. The highest BCUT2D eigenvalue weighted by molar-refractivity contribution is 6.30. The third kappa shape index (κ3) is 3.47. The van der Waals surface area contributed by atoms with Crippen LogP contribution in [0.25, 0.3) is 0 Å². The van der Waals surface area contributed by atoms with Gasteiger partial charge < -0.3 is 10.7 Å². The number of hydrazine groups is 1. The number of nitro benzene ring substituents is 1. The Morgan fingerprint density at radius 1 is 1.19 bits per heavy atom. The molecule has 0 unspecified atom stereocenters. The Bertz CT molecular complexity index is 688. The van der Waals surface area contributed by atoms with E-state index in [0.717, 1.165) is 6.07 Å². The molecule has 2 rings (SSSR count). The number of amides is 1. The lowest BCUT2D eigenvalue weighted by Crippen LogP contribution is -2.14. The molecule has 7 nitrogen and oxygen atoms in total. The predicted molar refractivity (Wildman–Crippen MR) is 80.3 cm³/mol. The molecule has 0 atom stereocenters. The molecule has 0 saturated carbocycles. The van der Waals surface area contributed by atoms with Gasteiger partial charge >= 0.3 is 0 Å². The van der Waals surface area contributed by atoms with E-state index in [9.17, 15) is 14.9 Å². The molecule has 0 aromatic heterocycles. The summed E-state index contributed by atoms with van der Waals surface area (Å²) in [6.07, 6.45) is 0. The van der Waals surface area contributed by atoms with Crippen LogP contribution in [0.4, 0.5) is 17.1 Å². The van der Waals surface area contributed by atoms with Gasteiger partial charge in [0.1, 0.15) is 5.69 Å². The van der Waals surface area contributed by atoms with Gasteiger partial charge in [-0.2, -0.15) is 0 Å². The lowest BCUT2D eigenvalue weighted by molar-refractivity contribution is -0.384. The fraction of sp³-hybridized carbons (Fsp3) is 0. The van der Waals surface area contributed by atoms with E-state index in [2.05, 4.69) is 10.7 Å². The molecule has 0 radical (unpaired) electrons. The Balaban J connectivity index is 2.25. The van der Waals surface area contributed by atoms with Gasteiger partial charge in [-0.05, 0) is 36.4 Å². The topological polar surface area (TPSA) is 110 Å². The second-order valence-corrected chi connectivity index (χ2v) is 4.53. The number of nitro groups is 1. The van der Waals surface area contributed by atoms with E-state index in [1.165, 1.54) is 12.1 Å². The van der Waals surface area contributed by atoms with Crippen molar-refractivity contribution in [1.29, 1.82) is 0 Å². The number of anilines is 2. The zero-order valence-corrected chi connectivity index (χ0v) is 11.4. The number of halogens is 1. The van der Waals surface area contributed by atoms with Crippen LogP contribution in [0.3, 0.4) is 0 Å². The minimum Gasteiger partial charge on any atom is -0.322 e. The minimum atomic E-state index is -0.617. The van der Waals surface area contributed by atoms with Crippen molar-refractivity contribution in [2.24, 2.45) is 5.84 Å². The van der Waals surface area contributed by atoms with E-state index < -0.39 is 10.8 Å². The summed E-state index contributed by atoms with van der Waals surface area (Å²) in [5.74, 6) is 4.72. The van der Waals surface area contributed by atoms with E-state index in [1.54, 1.807) is 24.3 Å². The number of carbonyl (C=O) groups is 1. The van der Waals surface area contributed by atoms with Crippen molar-refractivity contribution in [3.8, 4) is 0 Å². The molecule has 0 aliphatic rings. The van der Waals surface area contributed by atoms with E-state index in [1.807, 2.05) is 0 Å². The second-order valence-electron chi connectivity index (χ2n) is 4.09. The van der Waals surface area contributed by atoms with Gasteiger partial charge in [-0.3, -0.25) is 20.8 Å². The molecule has 0 fully saturated rings. The number of benzene rings is 2. The van der Waals surface area contributed by atoms with Gasteiger partial charge in [0.15, 0.2) is 0 Å². The summed E-state index contributed by atoms with van der Waals surface area (Å²) in [6, 6.07) is 10.5. The molecule has 2 aromatic rings. The van der Waals surface area contributed by atoms with E-state index >= 15 is 0 Å². The second kappa shape index (κ2) is 6.21. The van der Waals surface area contributed by atoms with Crippen molar-refractivity contribution < 1.29 is 9.72 Å². The average molecular weight is 307 g/mol. The lowest BCUT2D eigenvalue weighted by Gasteiger charge is -2.07. The highest BCUT2D eigenvalue weighted by atomic mass is 35.5. The SMILES string of the molecule is NNc1ccc(C(=O)Nc2ccc(Cl)cc2)cc1[N+](=O)[O-]. The van der Waals surface area contributed by atoms with Crippen molar-refractivity contribution in [3.05, 3.63) is 63.2 Å². The Morgan fingerprint density at radius 3 is 2.43 bits per heavy atom. The number of nitrogens with two attached hydrogens (primary N) is 1. The average Bonchev–Trinajstić information content (AvgIpc) is 2.48. The first kappa shape index (κ1) is 14.8. The Morgan fingerprint density at radius 2 is 1.86 bits per heavy atom. The van der Waals surface area contributed by atoms with Crippen LogP contribution in [-0.4, -0.2) is 10.8 Å². The Hall–Kier alpha value is -2.64. The molecule has 0 aliphatic heterocycles. The third-order valence-electron chi connectivity index (χ3n) is 2.71. The van der Waals surface area contributed by atoms with Crippen LogP contribution in [0.5, 0.6) is 0 Å². The fourth-order valence-corrected chi connectivity index (χ4v) is 1.81. The number of nitrogen functional groups attached to an aromatic ring is 1. The summed E-state index contributed by atoms with van der Waals surface area (Å²) in [6.45, 7) is 0. The molecular formula is C13H11ClN4O3. The third-order valence-corrected chi connectivity index (χ3v) is 2.97. The summed E-state index contributed by atoms with van der Waals surface area (Å²) >= 11 is 5.75. The zero-order chi connectivity index (χ0) is 15.4. The van der Waals surface area contributed by atoms with Gasteiger partial charge in [-0.15, -0.1) is 0 Å². The van der Waals surface area contributed by atoms with E-state index in [-0.39, 0.29) is 16.9 Å². The molecule has 0 bridgehead atoms.